The van der Waals surface area contributed by atoms with Crippen LogP contribution in [-0.2, 0) is 4.43 Å². The van der Waals surface area contributed by atoms with Crippen LogP contribution in [0.25, 0.3) is 0 Å². The third-order valence-electron chi connectivity index (χ3n) is 1.25. The summed E-state index contributed by atoms with van der Waals surface area (Å²) < 4.78 is 5.49. The number of thioether (sulfide) groups is 1. The summed E-state index contributed by atoms with van der Waals surface area (Å²) in [6, 6.07) is 10.1. The van der Waals surface area contributed by atoms with E-state index < -0.39 is 8.32 Å². The molecule has 0 unspecified atom stereocenters. The lowest BCUT2D eigenvalue weighted by Gasteiger charge is -2.14. The van der Waals surface area contributed by atoms with E-state index in [4.69, 9.17) is 4.43 Å². The highest BCUT2D eigenvalue weighted by Crippen LogP contribution is 2.22. The average Bonchev–Trinajstić information content (AvgIpc) is 2.04. The van der Waals surface area contributed by atoms with Crippen LogP contribution < -0.4 is 0 Å². The van der Waals surface area contributed by atoms with Crippen molar-refractivity contribution in [3.8, 4) is 0 Å². The first-order chi connectivity index (χ1) is 6.08. The van der Waals surface area contributed by atoms with Gasteiger partial charge in [0.2, 0.25) is 0 Å². The molecule has 0 aliphatic rings. The average molecular weight is 210 g/mol. The second-order valence-corrected chi connectivity index (χ2v) is 8.98. The van der Waals surface area contributed by atoms with Crippen LogP contribution in [-0.4, -0.2) is 8.32 Å². The van der Waals surface area contributed by atoms with E-state index in [1.807, 2.05) is 30.3 Å². The van der Waals surface area contributed by atoms with E-state index >= 15 is 0 Å². The van der Waals surface area contributed by atoms with E-state index in [1.54, 1.807) is 0 Å². The zero-order chi connectivity index (χ0) is 9.73. The third-order valence-corrected chi connectivity index (χ3v) is 2.79. The van der Waals surface area contributed by atoms with Crippen LogP contribution in [0.2, 0.25) is 19.6 Å². The fourth-order valence-corrected chi connectivity index (χ4v) is 2.24. The van der Waals surface area contributed by atoms with Crippen molar-refractivity contribution in [1.29, 1.82) is 0 Å². The van der Waals surface area contributed by atoms with E-state index in [1.165, 1.54) is 16.7 Å². The van der Waals surface area contributed by atoms with Crippen LogP contribution in [0.4, 0.5) is 0 Å². The first-order valence-electron chi connectivity index (χ1n) is 4.23. The van der Waals surface area contributed by atoms with Gasteiger partial charge in [0.05, 0.1) is 0 Å². The number of hydrogen-bond donors (Lipinski definition) is 0. The minimum absolute atomic E-state index is 1.17. The second kappa shape index (κ2) is 4.84. The SMILES string of the molecule is C[Si](C)(C)O[C]Sc1ccccc1. The minimum Gasteiger partial charge on any atom is -0.397 e. The smallest absolute Gasteiger partial charge is 0.192 e. The predicted octanol–water partition coefficient (Wildman–Crippen LogP) is 3.63. The summed E-state index contributed by atoms with van der Waals surface area (Å²) in [7, 11) is -1.44. The van der Waals surface area contributed by atoms with Crippen LogP contribution in [0.15, 0.2) is 35.2 Å². The number of hydrogen-bond acceptors (Lipinski definition) is 2. The monoisotopic (exact) mass is 210 g/mol. The minimum atomic E-state index is -1.44. The normalized spacial score (nSPS) is 11.6. The molecule has 2 radical (unpaired) electrons. The van der Waals surface area contributed by atoms with Crippen molar-refractivity contribution in [2.24, 2.45) is 0 Å². The van der Waals surface area contributed by atoms with Gasteiger partial charge in [-0.05, 0) is 31.8 Å². The Hall–Kier alpha value is -0.253. The van der Waals surface area contributed by atoms with Gasteiger partial charge >= 0.3 is 0 Å². The molecule has 0 spiro atoms. The molecule has 0 aliphatic carbocycles. The Morgan fingerprint density at radius 3 is 2.31 bits per heavy atom. The van der Waals surface area contributed by atoms with Crippen LogP contribution in [0.3, 0.4) is 0 Å². The zero-order valence-corrected chi connectivity index (χ0v) is 10.0. The van der Waals surface area contributed by atoms with Crippen LogP contribution >= 0.6 is 11.8 Å². The van der Waals surface area contributed by atoms with Gasteiger partial charge in [0.25, 0.3) is 0 Å². The molecule has 0 saturated carbocycles. The lowest BCUT2D eigenvalue weighted by Crippen LogP contribution is -2.22. The molecule has 0 N–H and O–H groups in total. The van der Waals surface area contributed by atoms with Crippen molar-refractivity contribution in [2.45, 2.75) is 24.5 Å². The van der Waals surface area contributed by atoms with Crippen LogP contribution in [0.1, 0.15) is 0 Å². The highest BCUT2D eigenvalue weighted by Gasteiger charge is 2.14. The molecule has 13 heavy (non-hydrogen) atoms. The molecular weight excluding hydrogens is 196 g/mol. The zero-order valence-electron chi connectivity index (χ0n) is 8.20. The fourth-order valence-electron chi connectivity index (χ4n) is 0.682. The molecule has 0 aliphatic heterocycles. The van der Waals surface area contributed by atoms with E-state index in [0.717, 1.165) is 0 Å². The summed E-state index contributed by atoms with van der Waals surface area (Å²) in [5, 5.41) is 0. The summed E-state index contributed by atoms with van der Waals surface area (Å²) in [5.74, 6) is 2.92. The molecule has 0 fully saturated rings. The van der Waals surface area contributed by atoms with Gasteiger partial charge in [0.1, 0.15) is 0 Å². The van der Waals surface area contributed by atoms with Gasteiger partial charge in [-0.15, -0.1) is 0 Å². The Balaban J connectivity index is 2.29. The van der Waals surface area contributed by atoms with Gasteiger partial charge < -0.3 is 4.43 Å². The summed E-state index contributed by atoms with van der Waals surface area (Å²) in [5.41, 5.74) is 0. The molecular formula is C10H14OSSi. The van der Waals surface area contributed by atoms with Gasteiger partial charge in [-0.25, -0.2) is 0 Å². The number of benzene rings is 1. The van der Waals surface area contributed by atoms with E-state index in [2.05, 4.69) is 25.6 Å². The molecule has 3 heteroatoms. The highest BCUT2D eigenvalue weighted by atomic mass is 32.2. The first-order valence-corrected chi connectivity index (χ1v) is 8.45. The van der Waals surface area contributed by atoms with Crippen LogP contribution in [0.5, 0.6) is 0 Å². The molecule has 1 nitrogen and oxygen atoms in total. The third kappa shape index (κ3) is 5.13. The summed E-state index contributed by atoms with van der Waals surface area (Å²) in [6.45, 7) is 6.43. The van der Waals surface area contributed by atoms with Crippen molar-refractivity contribution in [3.05, 3.63) is 36.3 Å². The summed E-state index contributed by atoms with van der Waals surface area (Å²) in [6.07, 6.45) is 0. The molecule has 1 aromatic rings. The Kier molecular flexibility index (Phi) is 4.03. The maximum absolute atomic E-state index is 5.49. The molecule has 0 saturated heterocycles. The maximum Gasteiger partial charge on any atom is 0.192 e. The predicted molar refractivity (Wildman–Crippen MR) is 60.0 cm³/mol. The highest BCUT2D eigenvalue weighted by molar-refractivity contribution is 8.01. The van der Waals surface area contributed by atoms with Gasteiger partial charge in [-0.2, -0.15) is 0 Å². The summed E-state index contributed by atoms with van der Waals surface area (Å²) >= 11 is 1.51. The lowest BCUT2D eigenvalue weighted by molar-refractivity contribution is 0.454. The van der Waals surface area contributed by atoms with Crippen molar-refractivity contribution in [1.82, 2.24) is 0 Å². The molecule has 0 atom stereocenters. The Morgan fingerprint density at radius 2 is 1.77 bits per heavy atom. The maximum atomic E-state index is 5.49. The molecule has 0 bridgehead atoms. The van der Waals surface area contributed by atoms with Gasteiger partial charge in [0, 0.05) is 4.90 Å². The van der Waals surface area contributed by atoms with Crippen LogP contribution in [0, 0.1) is 5.94 Å². The largest absolute Gasteiger partial charge is 0.397 e. The van der Waals surface area contributed by atoms with Crippen molar-refractivity contribution in [2.75, 3.05) is 0 Å². The molecule has 0 aromatic heterocycles. The topological polar surface area (TPSA) is 9.23 Å². The quantitative estimate of drug-likeness (QED) is 0.554. The number of rotatable bonds is 4. The molecule has 1 rings (SSSR count). The van der Waals surface area contributed by atoms with Gasteiger partial charge in [-0.3, -0.25) is 0 Å². The standard InChI is InChI=1S/C10H14OSSi/c1-13(2,3)11-9-12-10-7-5-4-6-8-10/h4-8H,1-3H3. The van der Waals surface area contributed by atoms with E-state index in [-0.39, 0.29) is 0 Å². The first kappa shape index (κ1) is 10.8. The summed E-state index contributed by atoms with van der Waals surface area (Å²) in [4.78, 5) is 1.17. The molecule has 0 amide bonds. The van der Waals surface area contributed by atoms with E-state index in [0.29, 0.717) is 0 Å². The lowest BCUT2D eigenvalue weighted by atomic mass is 10.4. The molecule has 70 valence electrons. The molecule has 0 heterocycles. The van der Waals surface area contributed by atoms with Gasteiger partial charge in [0.15, 0.2) is 14.3 Å². The fraction of sp³-hybridized carbons (Fsp3) is 0.300. The van der Waals surface area contributed by atoms with Gasteiger partial charge in [-0.1, -0.05) is 30.0 Å². The van der Waals surface area contributed by atoms with Crippen molar-refractivity contribution in [3.63, 3.8) is 0 Å². The van der Waals surface area contributed by atoms with E-state index in [9.17, 15) is 0 Å². The Labute approximate surface area is 85.6 Å². The Bertz CT molecular complexity index is 243. The molecule has 1 aromatic carbocycles. The Morgan fingerprint density at radius 1 is 1.15 bits per heavy atom. The van der Waals surface area contributed by atoms with Crippen molar-refractivity contribution >= 4 is 20.1 Å². The second-order valence-electron chi connectivity index (χ2n) is 3.71. The van der Waals surface area contributed by atoms with Crippen molar-refractivity contribution < 1.29 is 4.43 Å².